The van der Waals surface area contributed by atoms with Gasteiger partial charge < -0.3 is 20.6 Å². The first-order valence-electron chi connectivity index (χ1n) is 11.2. The summed E-state index contributed by atoms with van der Waals surface area (Å²) < 4.78 is 4.48. The number of quaternary nitrogens is 1. The maximum atomic E-state index is 13.5. The van der Waals surface area contributed by atoms with Gasteiger partial charge in [0.15, 0.2) is 6.04 Å². The number of nitrogens with one attached hydrogen (secondary N) is 3. The Balaban J connectivity index is 1.36. The SMILES string of the molecule is CNC[C@@H]1CN(CCCNc2cccc3c2C[N+]([O-])(C2CCC(=O)NC2=O)C3=O)CCO1. The summed E-state index contributed by atoms with van der Waals surface area (Å²) in [4.78, 5) is 39.1. The predicted octanol–water partition coefficient (Wildman–Crippen LogP) is 0.182. The molecule has 0 spiro atoms. The lowest BCUT2D eigenvalue weighted by Crippen LogP contribution is -2.60. The van der Waals surface area contributed by atoms with E-state index in [1.807, 2.05) is 13.1 Å². The van der Waals surface area contributed by atoms with Crippen molar-refractivity contribution in [3.63, 3.8) is 0 Å². The molecule has 0 radical (unpaired) electrons. The third kappa shape index (κ3) is 4.55. The standard InChI is InChI=1S/C22H31N5O5/c1-23-12-15-13-26(10-11-32-15)9-3-8-24-18-5-2-4-16-17(18)14-27(31,22(16)30)19-6-7-20(28)25-21(19)29/h2,4-5,15,19,23-24H,3,6-14H2,1H3,(H,25,28,29)/t15-,19?,27?/m1/s1. The van der Waals surface area contributed by atoms with Crippen LogP contribution in [-0.4, -0.2) is 85.8 Å². The molecule has 10 nitrogen and oxygen atoms in total. The molecule has 3 amide bonds. The highest BCUT2D eigenvalue weighted by Crippen LogP contribution is 2.37. The van der Waals surface area contributed by atoms with E-state index in [2.05, 4.69) is 20.9 Å². The summed E-state index contributed by atoms with van der Waals surface area (Å²) in [6.45, 7) is 4.92. The van der Waals surface area contributed by atoms with Crippen molar-refractivity contribution >= 4 is 23.4 Å². The van der Waals surface area contributed by atoms with Crippen LogP contribution in [0.3, 0.4) is 0 Å². The molecule has 2 fully saturated rings. The number of hydrogen-bond acceptors (Lipinski definition) is 8. The fourth-order valence-electron chi connectivity index (χ4n) is 4.83. The minimum atomic E-state index is -1.26. The normalized spacial score (nSPS) is 28.5. The number of nitrogens with zero attached hydrogens (tertiary/aromatic N) is 2. The number of hydrogen-bond donors (Lipinski definition) is 3. The maximum absolute atomic E-state index is 13.5. The number of benzene rings is 1. The van der Waals surface area contributed by atoms with E-state index in [4.69, 9.17) is 4.74 Å². The molecule has 1 aromatic carbocycles. The van der Waals surface area contributed by atoms with Crippen molar-refractivity contribution in [3.05, 3.63) is 34.5 Å². The Labute approximate surface area is 187 Å². The summed E-state index contributed by atoms with van der Waals surface area (Å²) >= 11 is 0. The van der Waals surface area contributed by atoms with Crippen LogP contribution in [0.15, 0.2) is 18.2 Å². The number of piperidine rings is 1. The van der Waals surface area contributed by atoms with Crippen molar-refractivity contribution in [2.24, 2.45) is 0 Å². The van der Waals surface area contributed by atoms with Gasteiger partial charge in [-0.25, -0.2) is 4.79 Å². The second-order valence-corrected chi connectivity index (χ2v) is 8.69. The number of carbonyl (C=O) groups excluding carboxylic acids is 3. The number of fused-ring (bicyclic) bond motifs is 1. The molecule has 3 aliphatic rings. The van der Waals surface area contributed by atoms with Crippen molar-refractivity contribution in [1.82, 2.24) is 15.5 Å². The number of anilines is 1. The van der Waals surface area contributed by atoms with Crippen molar-refractivity contribution in [3.8, 4) is 0 Å². The topological polar surface area (TPSA) is 123 Å². The molecule has 3 heterocycles. The lowest BCUT2D eigenvalue weighted by molar-refractivity contribution is -0.825. The molecule has 3 N–H and O–H groups in total. The zero-order chi connectivity index (χ0) is 22.7. The number of hydroxylamine groups is 3. The molecule has 2 saturated heterocycles. The second-order valence-electron chi connectivity index (χ2n) is 8.69. The third-order valence-electron chi connectivity index (χ3n) is 6.48. The van der Waals surface area contributed by atoms with Crippen LogP contribution in [0, 0.1) is 5.21 Å². The first-order chi connectivity index (χ1) is 15.4. The van der Waals surface area contributed by atoms with E-state index in [0.717, 1.165) is 44.9 Å². The largest absolute Gasteiger partial charge is 0.624 e. The minimum absolute atomic E-state index is 0.0735. The lowest BCUT2D eigenvalue weighted by atomic mass is 10.0. The number of imide groups is 1. The maximum Gasteiger partial charge on any atom is 0.347 e. The number of likely N-dealkylation sites (N-methyl/N-ethyl adjacent to an activating group) is 1. The molecule has 0 saturated carbocycles. The fourth-order valence-corrected chi connectivity index (χ4v) is 4.83. The first-order valence-corrected chi connectivity index (χ1v) is 11.2. The van der Waals surface area contributed by atoms with Gasteiger partial charge in [0, 0.05) is 56.8 Å². The molecule has 174 valence electrons. The zero-order valence-corrected chi connectivity index (χ0v) is 18.4. The number of ether oxygens (including phenoxy) is 1. The summed E-state index contributed by atoms with van der Waals surface area (Å²) in [5.74, 6) is -1.67. The van der Waals surface area contributed by atoms with E-state index in [-0.39, 0.29) is 25.5 Å². The summed E-state index contributed by atoms with van der Waals surface area (Å²) in [6.07, 6.45) is 1.28. The van der Waals surface area contributed by atoms with Gasteiger partial charge in [-0.3, -0.25) is 24.5 Å². The summed E-state index contributed by atoms with van der Waals surface area (Å²) in [5.41, 5.74) is 1.77. The molecular weight excluding hydrogens is 414 g/mol. The highest BCUT2D eigenvalue weighted by atomic mass is 16.6. The third-order valence-corrected chi connectivity index (χ3v) is 6.48. The van der Waals surface area contributed by atoms with E-state index in [0.29, 0.717) is 17.7 Å². The summed E-state index contributed by atoms with van der Waals surface area (Å²) in [7, 11) is 1.92. The molecule has 4 rings (SSSR count). The van der Waals surface area contributed by atoms with Crippen molar-refractivity contribution in [2.45, 2.75) is 38.0 Å². The molecule has 3 aliphatic heterocycles. The van der Waals surface area contributed by atoms with Crippen LogP contribution in [0.4, 0.5) is 5.69 Å². The van der Waals surface area contributed by atoms with Gasteiger partial charge in [0.05, 0.1) is 18.3 Å². The van der Waals surface area contributed by atoms with Crippen molar-refractivity contribution in [2.75, 3.05) is 51.7 Å². The van der Waals surface area contributed by atoms with Gasteiger partial charge >= 0.3 is 5.91 Å². The van der Waals surface area contributed by atoms with E-state index in [1.54, 1.807) is 12.1 Å². The summed E-state index contributed by atoms with van der Waals surface area (Å²) in [5, 5.41) is 22.2. The Morgan fingerprint density at radius 3 is 2.94 bits per heavy atom. The zero-order valence-electron chi connectivity index (χ0n) is 18.4. The van der Waals surface area contributed by atoms with E-state index in [9.17, 15) is 19.6 Å². The molecule has 3 atom stereocenters. The van der Waals surface area contributed by atoms with Gasteiger partial charge in [0.25, 0.3) is 5.91 Å². The van der Waals surface area contributed by atoms with Gasteiger partial charge in [-0.2, -0.15) is 0 Å². The van der Waals surface area contributed by atoms with Crippen LogP contribution in [0.1, 0.15) is 35.2 Å². The first kappa shape index (κ1) is 22.8. The van der Waals surface area contributed by atoms with Crippen LogP contribution in [0.5, 0.6) is 0 Å². The quantitative estimate of drug-likeness (QED) is 0.224. The van der Waals surface area contributed by atoms with E-state index >= 15 is 0 Å². The predicted molar refractivity (Wildman–Crippen MR) is 117 cm³/mol. The van der Waals surface area contributed by atoms with Crippen molar-refractivity contribution in [1.29, 1.82) is 0 Å². The number of rotatable bonds is 8. The Hall–Kier alpha value is -2.37. The van der Waals surface area contributed by atoms with Crippen LogP contribution >= 0.6 is 0 Å². The molecule has 2 unspecified atom stereocenters. The van der Waals surface area contributed by atoms with Crippen molar-refractivity contribution < 1.29 is 23.8 Å². The molecule has 0 aromatic heterocycles. The van der Waals surface area contributed by atoms with Crippen LogP contribution in [-0.2, 0) is 20.9 Å². The Morgan fingerprint density at radius 1 is 1.31 bits per heavy atom. The number of morpholine rings is 1. The van der Waals surface area contributed by atoms with Gasteiger partial charge in [-0.1, -0.05) is 6.07 Å². The van der Waals surface area contributed by atoms with Gasteiger partial charge in [-0.05, 0) is 25.6 Å². The molecular formula is C22H31N5O5. The number of amides is 3. The molecule has 0 aliphatic carbocycles. The molecule has 10 heteroatoms. The highest BCUT2D eigenvalue weighted by Gasteiger charge is 2.50. The Kier molecular flexibility index (Phi) is 6.87. The monoisotopic (exact) mass is 445 g/mol. The summed E-state index contributed by atoms with van der Waals surface area (Å²) in [6, 6.07) is 4.17. The van der Waals surface area contributed by atoms with Gasteiger partial charge in [0.2, 0.25) is 5.91 Å². The second kappa shape index (κ2) is 9.63. The average Bonchev–Trinajstić information content (AvgIpc) is 3.03. The molecule has 32 heavy (non-hydrogen) atoms. The average molecular weight is 446 g/mol. The Morgan fingerprint density at radius 2 is 2.16 bits per heavy atom. The number of carbonyl (C=O) groups is 3. The van der Waals surface area contributed by atoms with E-state index in [1.165, 1.54) is 0 Å². The van der Waals surface area contributed by atoms with Crippen LogP contribution in [0.2, 0.25) is 0 Å². The lowest BCUT2D eigenvalue weighted by Gasteiger charge is -2.42. The van der Waals surface area contributed by atoms with Gasteiger partial charge in [0.1, 0.15) is 6.54 Å². The minimum Gasteiger partial charge on any atom is -0.624 e. The fraction of sp³-hybridized carbons (Fsp3) is 0.591. The smallest absolute Gasteiger partial charge is 0.347 e. The van der Waals surface area contributed by atoms with Crippen LogP contribution < -0.4 is 16.0 Å². The molecule has 0 bridgehead atoms. The van der Waals surface area contributed by atoms with Gasteiger partial charge in [-0.15, -0.1) is 0 Å². The van der Waals surface area contributed by atoms with Crippen LogP contribution in [0.25, 0.3) is 0 Å². The molecule has 1 aromatic rings. The van der Waals surface area contributed by atoms with E-state index < -0.39 is 28.4 Å². The Bertz CT molecular complexity index is 891. The highest BCUT2D eigenvalue weighted by molar-refractivity contribution is 6.02.